The van der Waals surface area contributed by atoms with Crippen molar-refractivity contribution >= 4 is 22.1 Å². The minimum atomic E-state index is -0.260. The van der Waals surface area contributed by atoms with Gasteiger partial charge in [-0.05, 0) is 12.1 Å². The van der Waals surface area contributed by atoms with Gasteiger partial charge in [-0.15, -0.1) is 0 Å². The summed E-state index contributed by atoms with van der Waals surface area (Å²) in [5.41, 5.74) is 1.21. The molecule has 3 aromatic rings. The molecule has 0 saturated carbocycles. The molecule has 0 unspecified atom stereocenters. The topological polar surface area (TPSA) is 71.5 Å². The standard InChI is InChI=1S/C10H6N4O/c15-10-8-7(11-4-5-12-8)6-2-1-3-13-9(6)14-10/h1-5H,(H,13,14,15). The lowest BCUT2D eigenvalue weighted by Crippen LogP contribution is -2.09. The van der Waals surface area contributed by atoms with Crippen LogP contribution in [0.2, 0.25) is 0 Å². The van der Waals surface area contributed by atoms with Crippen LogP contribution in [-0.4, -0.2) is 19.9 Å². The van der Waals surface area contributed by atoms with Crippen molar-refractivity contribution in [2.75, 3.05) is 0 Å². The van der Waals surface area contributed by atoms with Crippen molar-refractivity contribution in [3.05, 3.63) is 41.1 Å². The van der Waals surface area contributed by atoms with Crippen LogP contribution in [0.4, 0.5) is 0 Å². The third-order valence-electron chi connectivity index (χ3n) is 2.21. The van der Waals surface area contributed by atoms with Crippen LogP contribution in [0, 0.1) is 0 Å². The van der Waals surface area contributed by atoms with Crippen molar-refractivity contribution in [1.29, 1.82) is 0 Å². The molecule has 5 nitrogen and oxygen atoms in total. The van der Waals surface area contributed by atoms with Crippen LogP contribution in [0.5, 0.6) is 0 Å². The summed E-state index contributed by atoms with van der Waals surface area (Å²) in [7, 11) is 0. The van der Waals surface area contributed by atoms with Gasteiger partial charge in [-0.2, -0.15) is 0 Å². The van der Waals surface area contributed by atoms with Gasteiger partial charge >= 0.3 is 0 Å². The molecule has 0 saturated heterocycles. The maximum absolute atomic E-state index is 11.6. The van der Waals surface area contributed by atoms with Crippen LogP contribution in [0.3, 0.4) is 0 Å². The molecule has 0 fully saturated rings. The first kappa shape index (κ1) is 8.05. The summed E-state index contributed by atoms with van der Waals surface area (Å²) < 4.78 is 0. The molecule has 15 heavy (non-hydrogen) atoms. The zero-order valence-corrected chi connectivity index (χ0v) is 7.64. The molecule has 0 atom stereocenters. The minimum absolute atomic E-state index is 0.260. The summed E-state index contributed by atoms with van der Waals surface area (Å²) >= 11 is 0. The number of fused-ring (bicyclic) bond motifs is 3. The molecule has 3 rings (SSSR count). The van der Waals surface area contributed by atoms with Gasteiger partial charge < -0.3 is 4.98 Å². The second-order valence-corrected chi connectivity index (χ2v) is 3.11. The molecule has 5 heteroatoms. The summed E-state index contributed by atoms with van der Waals surface area (Å²) in [5.74, 6) is 0. The zero-order chi connectivity index (χ0) is 10.3. The Kier molecular flexibility index (Phi) is 1.53. The van der Waals surface area contributed by atoms with Crippen molar-refractivity contribution in [3.63, 3.8) is 0 Å². The first-order chi connectivity index (χ1) is 7.36. The molecule has 0 spiro atoms. The Morgan fingerprint density at radius 1 is 1.00 bits per heavy atom. The van der Waals surface area contributed by atoms with Crippen molar-refractivity contribution in [2.45, 2.75) is 0 Å². The Balaban J connectivity index is 2.70. The van der Waals surface area contributed by atoms with Gasteiger partial charge in [-0.3, -0.25) is 9.78 Å². The molecule has 0 aromatic carbocycles. The lowest BCUT2D eigenvalue weighted by molar-refractivity contribution is 1.20. The molecular formula is C10H6N4O. The SMILES string of the molecule is O=c1[nH]c2ncccc2c2nccnc12. The summed E-state index contributed by atoms with van der Waals surface area (Å²) in [5, 5.41) is 0.806. The van der Waals surface area contributed by atoms with Gasteiger partial charge in [-0.1, -0.05) is 0 Å². The number of nitrogens with one attached hydrogen (secondary N) is 1. The van der Waals surface area contributed by atoms with Gasteiger partial charge in [0.25, 0.3) is 5.56 Å². The monoisotopic (exact) mass is 198 g/mol. The normalized spacial score (nSPS) is 10.9. The average molecular weight is 198 g/mol. The highest BCUT2D eigenvalue weighted by Crippen LogP contribution is 2.14. The first-order valence-corrected chi connectivity index (χ1v) is 4.44. The number of hydrogen-bond donors (Lipinski definition) is 1. The fourth-order valence-corrected chi connectivity index (χ4v) is 1.56. The van der Waals surface area contributed by atoms with E-state index in [-0.39, 0.29) is 5.56 Å². The number of aromatic nitrogens is 4. The van der Waals surface area contributed by atoms with Crippen molar-refractivity contribution in [1.82, 2.24) is 19.9 Å². The summed E-state index contributed by atoms with van der Waals surface area (Å²) in [6.45, 7) is 0. The lowest BCUT2D eigenvalue weighted by Gasteiger charge is -1.99. The van der Waals surface area contributed by atoms with Crippen LogP contribution in [0.15, 0.2) is 35.5 Å². The Morgan fingerprint density at radius 2 is 1.80 bits per heavy atom. The van der Waals surface area contributed by atoms with E-state index < -0.39 is 0 Å². The molecule has 0 amide bonds. The summed E-state index contributed by atoms with van der Waals surface area (Å²) in [6, 6.07) is 3.66. The van der Waals surface area contributed by atoms with E-state index in [1.807, 2.05) is 6.07 Å². The highest BCUT2D eigenvalue weighted by atomic mass is 16.1. The predicted molar refractivity (Wildman–Crippen MR) is 55.5 cm³/mol. The number of pyridine rings is 2. The second kappa shape index (κ2) is 2.84. The van der Waals surface area contributed by atoms with Gasteiger partial charge in [-0.25, -0.2) is 9.97 Å². The highest BCUT2D eigenvalue weighted by molar-refractivity contribution is 5.99. The molecule has 0 aliphatic rings. The van der Waals surface area contributed by atoms with E-state index in [1.54, 1.807) is 18.5 Å². The van der Waals surface area contributed by atoms with Crippen LogP contribution in [-0.2, 0) is 0 Å². The Hall–Kier alpha value is -2.30. The molecule has 0 bridgehead atoms. The maximum Gasteiger partial charge on any atom is 0.277 e. The third kappa shape index (κ3) is 1.10. The smallest absolute Gasteiger partial charge is 0.277 e. The summed E-state index contributed by atoms with van der Waals surface area (Å²) in [4.78, 5) is 26.5. The van der Waals surface area contributed by atoms with Gasteiger partial charge in [0.1, 0.15) is 11.2 Å². The Morgan fingerprint density at radius 3 is 2.67 bits per heavy atom. The molecule has 3 heterocycles. The molecule has 0 aliphatic carbocycles. The second-order valence-electron chi connectivity index (χ2n) is 3.11. The lowest BCUT2D eigenvalue weighted by atomic mass is 10.2. The van der Waals surface area contributed by atoms with Crippen molar-refractivity contribution < 1.29 is 0 Å². The largest absolute Gasteiger partial charge is 0.305 e. The third-order valence-corrected chi connectivity index (χ3v) is 2.21. The van der Waals surface area contributed by atoms with Crippen molar-refractivity contribution in [3.8, 4) is 0 Å². The van der Waals surface area contributed by atoms with Crippen molar-refractivity contribution in [2.24, 2.45) is 0 Å². The van der Waals surface area contributed by atoms with Crippen LogP contribution < -0.4 is 5.56 Å². The van der Waals surface area contributed by atoms with Crippen LogP contribution in [0.1, 0.15) is 0 Å². The van der Waals surface area contributed by atoms with Gasteiger partial charge in [0, 0.05) is 24.0 Å². The quantitative estimate of drug-likeness (QED) is 0.544. The van der Waals surface area contributed by atoms with E-state index in [4.69, 9.17) is 0 Å². The molecule has 0 radical (unpaired) electrons. The first-order valence-electron chi connectivity index (χ1n) is 4.44. The molecule has 72 valence electrons. The number of nitrogens with zero attached hydrogens (tertiary/aromatic N) is 3. The molecule has 0 aliphatic heterocycles. The minimum Gasteiger partial charge on any atom is -0.305 e. The number of hydrogen-bond acceptors (Lipinski definition) is 4. The van der Waals surface area contributed by atoms with Gasteiger partial charge in [0.05, 0.1) is 0 Å². The van der Waals surface area contributed by atoms with E-state index in [9.17, 15) is 4.79 Å². The number of rotatable bonds is 0. The molecule has 3 aromatic heterocycles. The Bertz CT molecular complexity index is 704. The van der Waals surface area contributed by atoms with E-state index in [2.05, 4.69) is 19.9 Å². The summed E-state index contributed by atoms with van der Waals surface area (Å²) in [6.07, 6.45) is 4.69. The van der Waals surface area contributed by atoms with E-state index in [0.717, 1.165) is 5.39 Å². The van der Waals surface area contributed by atoms with E-state index in [0.29, 0.717) is 16.7 Å². The fraction of sp³-hybridized carbons (Fsp3) is 0. The predicted octanol–water partition coefficient (Wildman–Crippen LogP) is 0.866. The Labute approximate surface area is 83.8 Å². The van der Waals surface area contributed by atoms with Crippen LogP contribution >= 0.6 is 0 Å². The fourth-order valence-electron chi connectivity index (χ4n) is 1.56. The number of H-pyrrole nitrogens is 1. The van der Waals surface area contributed by atoms with Gasteiger partial charge in [0.15, 0.2) is 5.52 Å². The maximum atomic E-state index is 11.6. The zero-order valence-electron chi connectivity index (χ0n) is 7.64. The van der Waals surface area contributed by atoms with E-state index in [1.165, 1.54) is 6.20 Å². The van der Waals surface area contributed by atoms with Crippen LogP contribution in [0.25, 0.3) is 22.1 Å². The highest BCUT2D eigenvalue weighted by Gasteiger charge is 2.06. The van der Waals surface area contributed by atoms with Gasteiger partial charge in [0.2, 0.25) is 0 Å². The molecular weight excluding hydrogens is 192 g/mol. The molecule has 1 N–H and O–H groups in total. The van der Waals surface area contributed by atoms with E-state index >= 15 is 0 Å². The average Bonchev–Trinajstić information content (AvgIpc) is 2.30. The number of aromatic amines is 1.